The van der Waals surface area contributed by atoms with Gasteiger partial charge in [-0.2, -0.15) is 0 Å². The minimum absolute atomic E-state index is 0.213. The fraction of sp³-hybridized carbons (Fsp3) is 0.839. The number of hydrogen-bond acceptors (Lipinski definition) is 13. The van der Waals surface area contributed by atoms with Gasteiger partial charge >= 0.3 is 0 Å². The zero-order chi connectivity index (χ0) is 51.0. The normalized spacial score (nSPS) is 26.3. The Balaban J connectivity index is 1.76. The molecular weight excluding hydrogens is 895 g/mol. The molecule has 0 saturated carbocycles. The van der Waals surface area contributed by atoms with E-state index in [1.165, 1.54) is 96.3 Å². The first-order chi connectivity index (χ1) is 34.1. The molecule has 0 bridgehead atoms. The lowest BCUT2D eigenvalue weighted by Crippen LogP contribution is -2.65. The minimum Gasteiger partial charge on any atom is -0.394 e. The van der Waals surface area contributed by atoms with E-state index in [9.17, 15) is 45.6 Å². The van der Waals surface area contributed by atoms with E-state index in [4.69, 9.17) is 18.9 Å². The Kier molecular flexibility index (Phi) is 38.7. The summed E-state index contributed by atoms with van der Waals surface area (Å²) in [7, 11) is 0. The number of aliphatic hydroxyl groups is 8. The van der Waals surface area contributed by atoms with E-state index in [0.29, 0.717) is 12.8 Å². The van der Waals surface area contributed by atoms with Crippen LogP contribution in [0.4, 0.5) is 0 Å². The molecule has 2 fully saturated rings. The molecule has 70 heavy (non-hydrogen) atoms. The molecule has 2 rings (SSSR count). The van der Waals surface area contributed by atoms with Gasteiger partial charge in [-0.3, -0.25) is 4.79 Å². The molecule has 9 N–H and O–H groups in total. The summed E-state index contributed by atoms with van der Waals surface area (Å²) >= 11 is 0. The van der Waals surface area contributed by atoms with Gasteiger partial charge < -0.3 is 65.1 Å². The number of hydrogen-bond donors (Lipinski definition) is 9. The van der Waals surface area contributed by atoms with Crippen LogP contribution in [0.2, 0.25) is 0 Å². The van der Waals surface area contributed by atoms with Crippen molar-refractivity contribution in [3.05, 3.63) is 48.6 Å². The maximum absolute atomic E-state index is 13.2. The standard InChI is InChI=1S/C56H101NO13/c1-3-5-7-9-11-13-15-17-18-19-20-21-22-23-24-25-26-28-30-32-34-36-38-40-48(61)57-44(45(60)39-37-35-33-31-29-27-16-14-12-10-8-6-4-2)43-67-55-53(66)51(64)54(47(42-59)69-55)70-56-52(65)50(63)49(62)46(41-58)68-56/h5,7,11,13,17-18,20-21,44-47,49-56,58-60,62-66H,3-4,6,8-10,12,14-16,19,22-43H2,1-2H3,(H,57,61)/b7-5-,13-11-,18-17-,21-20-. The second-order valence-corrected chi connectivity index (χ2v) is 19.7. The Hall–Kier alpha value is -2.05. The van der Waals surface area contributed by atoms with Gasteiger partial charge in [-0.15, -0.1) is 0 Å². The van der Waals surface area contributed by atoms with Crippen molar-refractivity contribution in [1.29, 1.82) is 0 Å². The monoisotopic (exact) mass is 996 g/mol. The van der Waals surface area contributed by atoms with Gasteiger partial charge in [0.15, 0.2) is 12.6 Å². The lowest BCUT2D eigenvalue weighted by atomic mass is 9.97. The van der Waals surface area contributed by atoms with Gasteiger partial charge in [0.1, 0.15) is 48.8 Å². The first-order valence-electron chi connectivity index (χ1n) is 27.9. The highest BCUT2D eigenvalue weighted by Crippen LogP contribution is 2.30. The first-order valence-corrected chi connectivity index (χ1v) is 27.9. The van der Waals surface area contributed by atoms with Crippen LogP contribution in [-0.2, 0) is 23.7 Å². The zero-order valence-electron chi connectivity index (χ0n) is 43.5. The van der Waals surface area contributed by atoms with E-state index in [1.807, 2.05) is 0 Å². The van der Waals surface area contributed by atoms with Crippen molar-refractivity contribution in [2.75, 3.05) is 19.8 Å². The predicted molar refractivity (Wildman–Crippen MR) is 277 cm³/mol. The number of nitrogens with one attached hydrogen (secondary N) is 1. The number of carbonyl (C=O) groups is 1. The van der Waals surface area contributed by atoms with Crippen LogP contribution in [-0.4, -0.2) is 140 Å². The number of aliphatic hydroxyl groups excluding tert-OH is 8. The van der Waals surface area contributed by atoms with Gasteiger partial charge in [-0.05, 0) is 51.4 Å². The van der Waals surface area contributed by atoms with E-state index in [1.54, 1.807) is 0 Å². The van der Waals surface area contributed by atoms with Crippen molar-refractivity contribution in [3.63, 3.8) is 0 Å². The fourth-order valence-electron chi connectivity index (χ4n) is 9.05. The number of ether oxygens (including phenoxy) is 4. The highest BCUT2D eigenvalue weighted by molar-refractivity contribution is 5.76. The molecule has 14 heteroatoms. The van der Waals surface area contributed by atoms with E-state index < -0.39 is 86.8 Å². The van der Waals surface area contributed by atoms with Crippen LogP contribution in [0.15, 0.2) is 48.6 Å². The fourth-order valence-corrected chi connectivity index (χ4v) is 9.05. The minimum atomic E-state index is -1.78. The van der Waals surface area contributed by atoms with Gasteiger partial charge in [0.05, 0.1) is 32.0 Å². The van der Waals surface area contributed by atoms with Gasteiger partial charge in [0.2, 0.25) is 5.91 Å². The van der Waals surface area contributed by atoms with Crippen LogP contribution in [0, 0.1) is 0 Å². The molecule has 12 unspecified atom stereocenters. The Morgan fingerprint density at radius 2 is 0.986 bits per heavy atom. The van der Waals surface area contributed by atoms with Crippen molar-refractivity contribution >= 4 is 5.91 Å². The molecule has 408 valence electrons. The van der Waals surface area contributed by atoms with Crippen molar-refractivity contribution in [1.82, 2.24) is 5.32 Å². The van der Waals surface area contributed by atoms with Crippen LogP contribution in [0.3, 0.4) is 0 Å². The summed E-state index contributed by atoms with van der Waals surface area (Å²) in [5.74, 6) is -0.213. The van der Waals surface area contributed by atoms with Crippen molar-refractivity contribution in [2.45, 2.75) is 280 Å². The number of allylic oxidation sites excluding steroid dienone is 8. The molecular formula is C56H101NO13. The number of rotatable bonds is 43. The third-order valence-electron chi connectivity index (χ3n) is 13.6. The molecule has 0 aliphatic carbocycles. The molecule has 14 nitrogen and oxygen atoms in total. The van der Waals surface area contributed by atoms with Crippen LogP contribution < -0.4 is 5.32 Å². The number of unbranched alkanes of at least 4 members (excludes halogenated alkanes) is 22. The molecule has 0 aromatic rings. The van der Waals surface area contributed by atoms with E-state index in [2.05, 4.69) is 67.8 Å². The maximum atomic E-state index is 13.2. The summed E-state index contributed by atoms with van der Waals surface area (Å²) in [5.41, 5.74) is 0. The maximum Gasteiger partial charge on any atom is 0.220 e. The molecule has 0 aromatic carbocycles. The third kappa shape index (κ3) is 28.4. The second kappa shape index (κ2) is 42.3. The Morgan fingerprint density at radius 3 is 1.51 bits per heavy atom. The van der Waals surface area contributed by atoms with Gasteiger partial charge in [0, 0.05) is 6.42 Å². The topological polar surface area (TPSA) is 228 Å². The van der Waals surface area contributed by atoms with E-state index in [-0.39, 0.29) is 12.5 Å². The quantitative estimate of drug-likeness (QED) is 0.0207. The molecule has 2 heterocycles. The van der Waals surface area contributed by atoms with Gasteiger partial charge in [0.25, 0.3) is 0 Å². The summed E-state index contributed by atoms with van der Waals surface area (Å²) in [5, 5.41) is 87.1. The van der Waals surface area contributed by atoms with Crippen LogP contribution in [0.25, 0.3) is 0 Å². The largest absolute Gasteiger partial charge is 0.394 e. The lowest BCUT2D eigenvalue weighted by molar-refractivity contribution is -0.359. The summed E-state index contributed by atoms with van der Waals surface area (Å²) in [4.78, 5) is 13.2. The van der Waals surface area contributed by atoms with Crippen molar-refractivity contribution < 1.29 is 64.6 Å². The number of carbonyl (C=O) groups excluding carboxylic acids is 1. The lowest BCUT2D eigenvalue weighted by Gasteiger charge is -2.46. The third-order valence-corrected chi connectivity index (χ3v) is 13.6. The SMILES string of the molecule is CC/C=C\C/C=C\C/C=C\C/C=C\CCCCCCCCCCCCC(=O)NC(COC1OC(CO)C(OC2OC(CO)C(O)C(O)C2O)C(O)C1O)C(O)CCCCCCCCCCCCCCC. The molecule has 12 atom stereocenters. The zero-order valence-corrected chi connectivity index (χ0v) is 43.5. The summed E-state index contributed by atoms with van der Waals surface area (Å²) in [6, 6.07) is -0.831. The van der Waals surface area contributed by atoms with Crippen molar-refractivity contribution in [2.24, 2.45) is 0 Å². The van der Waals surface area contributed by atoms with Crippen LogP contribution >= 0.6 is 0 Å². The van der Waals surface area contributed by atoms with Gasteiger partial charge in [-0.1, -0.05) is 197 Å². The smallest absolute Gasteiger partial charge is 0.220 e. The second-order valence-electron chi connectivity index (χ2n) is 19.7. The highest BCUT2D eigenvalue weighted by Gasteiger charge is 2.51. The molecule has 1 amide bonds. The molecule has 0 radical (unpaired) electrons. The first kappa shape index (κ1) is 64.1. The average molecular weight is 996 g/mol. The average Bonchev–Trinajstić information content (AvgIpc) is 3.36. The summed E-state index contributed by atoms with van der Waals surface area (Å²) in [6.45, 7) is 2.73. The molecule has 0 aromatic heterocycles. The van der Waals surface area contributed by atoms with Crippen molar-refractivity contribution in [3.8, 4) is 0 Å². The van der Waals surface area contributed by atoms with E-state index >= 15 is 0 Å². The van der Waals surface area contributed by atoms with Gasteiger partial charge in [-0.25, -0.2) is 0 Å². The molecule has 2 saturated heterocycles. The molecule has 2 aliphatic rings. The molecule has 2 aliphatic heterocycles. The summed E-state index contributed by atoms with van der Waals surface area (Å²) in [6.07, 6.45) is 33.9. The molecule has 0 spiro atoms. The Labute approximate surface area is 423 Å². The Morgan fingerprint density at radius 1 is 0.529 bits per heavy atom. The van der Waals surface area contributed by atoms with Crippen LogP contribution in [0.5, 0.6) is 0 Å². The summed E-state index contributed by atoms with van der Waals surface area (Å²) < 4.78 is 22.8. The van der Waals surface area contributed by atoms with E-state index in [0.717, 1.165) is 83.5 Å². The van der Waals surface area contributed by atoms with Crippen LogP contribution in [0.1, 0.15) is 206 Å². The Bertz CT molecular complexity index is 1360. The highest BCUT2D eigenvalue weighted by atomic mass is 16.7. The predicted octanol–water partition coefficient (Wildman–Crippen LogP) is 8.44. The number of amides is 1.